The predicted molar refractivity (Wildman–Crippen MR) is 89.8 cm³/mol. The maximum atomic E-state index is 12.3. The standard InChI is InChI=1S/C16H14N4O4S/c1-2-3-8-14(21)18-13-7-4-9-15(19-13)25(23,24)20-16(22)12-6-5-10-17-11-12/h1,4-7,9-11H,3,8H2,(H,20,22)(H,18,19,21). The van der Waals surface area contributed by atoms with Gasteiger partial charge in [0.2, 0.25) is 5.91 Å². The fraction of sp³-hybridized carbons (Fsp3) is 0.125. The zero-order chi connectivity index (χ0) is 18.3. The van der Waals surface area contributed by atoms with Crippen molar-refractivity contribution in [3.05, 3.63) is 48.3 Å². The smallest absolute Gasteiger partial charge is 0.281 e. The van der Waals surface area contributed by atoms with Crippen LogP contribution in [-0.4, -0.2) is 30.2 Å². The van der Waals surface area contributed by atoms with Crippen LogP contribution in [0.2, 0.25) is 0 Å². The topological polar surface area (TPSA) is 118 Å². The molecule has 0 spiro atoms. The van der Waals surface area contributed by atoms with Crippen LogP contribution in [0.15, 0.2) is 47.8 Å². The number of nitrogens with one attached hydrogen (secondary N) is 2. The highest BCUT2D eigenvalue weighted by molar-refractivity contribution is 7.90. The summed E-state index contributed by atoms with van der Waals surface area (Å²) in [5, 5.41) is 2.04. The first-order valence-corrected chi connectivity index (χ1v) is 8.58. The molecule has 0 saturated heterocycles. The molecule has 2 amide bonds. The van der Waals surface area contributed by atoms with Crippen molar-refractivity contribution in [2.75, 3.05) is 5.32 Å². The van der Waals surface area contributed by atoms with Crippen LogP contribution in [0.5, 0.6) is 0 Å². The van der Waals surface area contributed by atoms with Gasteiger partial charge in [-0.1, -0.05) is 6.07 Å². The van der Waals surface area contributed by atoms with Crippen molar-refractivity contribution in [1.29, 1.82) is 0 Å². The zero-order valence-electron chi connectivity index (χ0n) is 13.0. The largest absolute Gasteiger partial charge is 0.311 e. The van der Waals surface area contributed by atoms with Gasteiger partial charge in [0.25, 0.3) is 15.9 Å². The first-order valence-electron chi connectivity index (χ1n) is 7.10. The van der Waals surface area contributed by atoms with Crippen LogP contribution in [-0.2, 0) is 14.8 Å². The van der Waals surface area contributed by atoms with Gasteiger partial charge in [-0.05, 0) is 24.3 Å². The van der Waals surface area contributed by atoms with Gasteiger partial charge in [-0.2, -0.15) is 8.42 Å². The number of rotatable bonds is 6. The van der Waals surface area contributed by atoms with E-state index in [1.807, 2.05) is 4.72 Å². The third kappa shape index (κ3) is 5.12. The fourth-order valence-electron chi connectivity index (χ4n) is 1.76. The van der Waals surface area contributed by atoms with Gasteiger partial charge in [0.1, 0.15) is 5.82 Å². The number of terminal acetylenes is 1. The number of aromatic nitrogens is 2. The average Bonchev–Trinajstić information content (AvgIpc) is 2.60. The van der Waals surface area contributed by atoms with Gasteiger partial charge in [0.15, 0.2) is 5.03 Å². The summed E-state index contributed by atoms with van der Waals surface area (Å²) in [5.74, 6) is 1.14. The van der Waals surface area contributed by atoms with Gasteiger partial charge in [0, 0.05) is 25.2 Å². The highest BCUT2D eigenvalue weighted by Crippen LogP contribution is 2.11. The molecule has 9 heteroatoms. The van der Waals surface area contributed by atoms with Crippen molar-refractivity contribution < 1.29 is 18.0 Å². The number of hydrogen-bond acceptors (Lipinski definition) is 6. The lowest BCUT2D eigenvalue weighted by Gasteiger charge is -2.08. The zero-order valence-corrected chi connectivity index (χ0v) is 13.8. The van der Waals surface area contributed by atoms with Crippen molar-refractivity contribution in [3.8, 4) is 12.3 Å². The lowest BCUT2D eigenvalue weighted by atomic mass is 10.3. The van der Waals surface area contributed by atoms with E-state index in [9.17, 15) is 18.0 Å². The number of carbonyl (C=O) groups is 2. The summed E-state index contributed by atoms with van der Waals surface area (Å²) >= 11 is 0. The van der Waals surface area contributed by atoms with E-state index in [2.05, 4.69) is 21.2 Å². The van der Waals surface area contributed by atoms with E-state index in [1.54, 1.807) is 0 Å². The van der Waals surface area contributed by atoms with Gasteiger partial charge in [-0.3, -0.25) is 14.6 Å². The second kappa shape index (κ2) is 8.03. The van der Waals surface area contributed by atoms with Crippen LogP contribution in [0, 0.1) is 12.3 Å². The van der Waals surface area contributed by atoms with Gasteiger partial charge < -0.3 is 5.32 Å². The maximum Gasteiger partial charge on any atom is 0.281 e. The third-order valence-corrected chi connectivity index (χ3v) is 4.15. The quantitative estimate of drug-likeness (QED) is 0.742. The van der Waals surface area contributed by atoms with E-state index in [0.717, 1.165) is 0 Å². The number of pyridine rings is 2. The van der Waals surface area contributed by atoms with E-state index in [1.165, 1.54) is 42.7 Å². The molecule has 0 radical (unpaired) electrons. The maximum absolute atomic E-state index is 12.3. The van der Waals surface area contributed by atoms with Crippen LogP contribution < -0.4 is 10.0 Å². The molecule has 0 saturated carbocycles. The van der Waals surface area contributed by atoms with Crippen LogP contribution >= 0.6 is 0 Å². The molecule has 0 aliphatic rings. The Balaban J connectivity index is 2.14. The summed E-state index contributed by atoms with van der Waals surface area (Å²) in [5.41, 5.74) is 0.0878. The summed E-state index contributed by atoms with van der Waals surface area (Å²) < 4.78 is 26.4. The minimum absolute atomic E-state index is 0.0405. The highest BCUT2D eigenvalue weighted by atomic mass is 32.2. The Hall–Kier alpha value is -3.25. The molecule has 0 aliphatic carbocycles. The lowest BCUT2D eigenvalue weighted by molar-refractivity contribution is -0.116. The molecule has 0 atom stereocenters. The Labute approximate surface area is 144 Å². The van der Waals surface area contributed by atoms with Gasteiger partial charge >= 0.3 is 0 Å². The van der Waals surface area contributed by atoms with E-state index in [4.69, 9.17) is 6.42 Å². The van der Waals surface area contributed by atoms with Crippen molar-refractivity contribution in [1.82, 2.24) is 14.7 Å². The first kappa shape index (κ1) is 18.1. The molecule has 0 unspecified atom stereocenters. The van der Waals surface area contributed by atoms with Gasteiger partial charge in [-0.25, -0.2) is 9.71 Å². The molecule has 8 nitrogen and oxygen atoms in total. The number of nitrogens with zero attached hydrogens (tertiary/aromatic N) is 2. The van der Waals surface area contributed by atoms with Crippen molar-refractivity contribution >= 4 is 27.7 Å². The minimum atomic E-state index is -4.20. The summed E-state index contributed by atoms with van der Waals surface area (Å²) in [6.07, 6.45) is 8.12. The van der Waals surface area contributed by atoms with Crippen LogP contribution in [0.1, 0.15) is 23.2 Å². The Morgan fingerprint density at radius 2 is 2.00 bits per heavy atom. The van der Waals surface area contributed by atoms with Crippen LogP contribution in [0.25, 0.3) is 0 Å². The van der Waals surface area contributed by atoms with Crippen LogP contribution in [0.4, 0.5) is 5.82 Å². The number of anilines is 1. The molecule has 2 aromatic heterocycles. The van der Waals surface area contributed by atoms with E-state index >= 15 is 0 Å². The average molecular weight is 358 g/mol. The summed E-state index contributed by atoms with van der Waals surface area (Å²) in [7, 11) is -4.20. The number of hydrogen-bond donors (Lipinski definition) is 2. The van der Waals surface area contributed by atoms with E-state index < -0.39 is 21.0 Å². The molecular weight excluding hydrogens is 344 g/mol. The Bertz CT molecular complexity index is 921. The molecular formula is C16H14N4O4S. The molecule has 0 aromatic carbocycles. The molecule has 2 heterocycles. The van der Waals surface area contributed by atoms with Crippen molar-refractivity contribution in [2.24, 2.45) is 0 Å². The highest BCUT2D eigenvalue weighted by Gasteiger charge is 2.20. The molecule has 0 fully saturated rings. The van der Waals surface area contributed by atoms with Gasteiger partial charge in [0.05, 0.1) is 5.56 Å². The van der Waals surface area contributed by atoms with Crippen LogP contribution in [0.3, 0.4) is 0 Å². The third-order valence-electron chi connectivity index (χ3n) is 2.91. The molecule has 2 aromatic rings. The predicted octanol–water partition coefficient (Wildman–Crippen LogP) is 0.947. The van der Waals surface area contributed by atoms with Crippen molar-refractivity contribution in [3.63, 3.8) is 0 Å². The number of sulfonamides is 1. The summed E-state index contributed by atoms with van der Waals surface area (Å²) in [6, 6.07) is 6.96. The summed E-state index contributed by atoms with van der Waals surface area (Å²) in [4.78, 5) is 31.2. The first-order chi connectivity index (χ1) is 11.9. The SMILES string of the molecule is C#CCCC(=O)Nc1cccc(S(=O)(=O)NC(=O)c2cccnc2)n1. The Kier molecular flexibility index (Phi) is 5.81. The molecule has 25 heavy (non-hydrogen) atoms. The monoisotopic (exact) mass is 358 g/mol. The number of carbonyl (C=O) groups excluding carboxylic acids is 2. The molecule has 0 aliphatic heterocycles. The Morgan fingerprint density at radius 3 is 2.68 bits per heavy atom. The fourth-order valence-corrected chi connectivity index (χ4v) is 2.70. The number of amides is 2. The molecule has 2 rings (SSSR count). The second-order valence-corrected chi connectivity index (χ2v) is 6.42. The van der Waals surface area contributed by atoms with Gasteiger partial charge in [-0.15, -0.1) is 12.3 Å². The Morgan fingerprint density at radius 1 is 1.20 bits per heavy atom. The van der Waals surface area contributed by atoms with Crippen molar-refractivity contribution in [2.45, 2.75) is 17.9 Å². The summed E-state index contributed by atoms with van der Waals surface area (Å²) in [6.45, 7) is 0. The lowest BCUT2D eigenvalue weighted by Crippen LogP contribution is -2.31. The second-order valence-electron chi connectivity index (χ2n) is 4.79. The molecule has 0 bridgehead atoms. The molecule has 128 valence electrons. The minimum Gasteiger partial charge on any atom is -0.311 e. The van der Waals surface area contributed by atoms with E-state index in [-0.39, 0.29) is 30.1 Å². The molecule has 2 N–H and O–H groups in total. The normalized spacial score (nSPS) is 10.5. The van der Waals surface area contributed by atoms with E-state index in [0.29, 0.717) is 0 Å².